The molecule has 2 aromatic rings. The van der Waals surface area contributed by atoms with Crippen molar-refractivity contribution in [1.82, 2.24) is 0 Å². The van der Waals surface area contributed by atoms with Crippen LogP contribution in [-0.4, -0.2) is 28.2 Å². The molecule has 0 saturated carbocycles. The van der Waals surface area contributed by atoms with Crippen LogP contribution in [0.3, 0.4) is 0 Å². The second kappa shape index (κ2) is 5.14. The number of ketones is 1. The lowest BCUT2D eigenvalue weighted by Gasteiger charge is -2.26. The first-order valence-corrected chi connectivity index (χ1v) is 6.63. The fourth-order valence-corrected chi connectivity index (χ4v) is 2.52. The number of phenols is 3. The van der Waals surface area contributed by atoms with Gasteiger partial charge in [0.05, 0.1) is 13.5 Å². The minimum atomic E-state index is -0.548. The average molecular weight is 302 g/mol. The van der Waals surface area contributed by atoms with E-state index in [0.717, 1.165) is 0 Å². The van der Waals surface area contributed by atoms with Gasteiger partial charge in [-0.15, -0.1) is 0 Å². The summed E-state index contributed by atoms with van der Waals surface area (Å²) in [6.45, 7) is 0. The lowest BCUT2D eigenvalue weighted by atomic mass is 9.95. The van der Waals surface area contributed by atoms with Crippen molar-refractivity contribution in [3.63, 3.8) is 0 Å². The van der Waals surface area contributed by atoms with Crippen LogP contribution in [0, 0.1) is 0 Å². The summed E-state index contributed by atoms with van der Waals surface area (Å²) in [5, 5.41) is 29.2. The first-order chi connectivity index (χ1) is 10.5. The van der Waals surface area contributed by atoms with Crippen LogP contribution in [0.2, 0.25) is 0 Å². The van der Waals surface area contributed by atoms with Gasteiger partial charge in [0.1, 0.15) is 23.2 Å². The minimum Gasteiger partial charge on any atom is -0.508 e. The number of hydrogen-bond acceptors (Lipinski definition) is 6. The van der Waals surface area contributed by atoms with Crippen LogP contribution < -0.4 is 9.47 Å². The van der Waals surface area contributed by atoms with Gasteiger partial charge in [-0.25, -0.2) is 0 Å². The third-order valence-corrected chi connectivity index (χ3v) is 3.59. The summed E-state index contributed by atoms with van der Waals surface area (Å²) in [6, 6.07) is 7.56. The summed E-state index contributed by atoms with van der Waals surface area (Å²) in [5.74, 6) is -0.977. The molecule has 22 heavy (non-hydrogen) atoms. The number of hydrogen-bond donors (Lipinski definition) is 3. The van der Waals surface area contributed by atoms with Crippen molar-refractivity contribution >= 4 is 5.78 Å². The molecule has 0 saturated heterocycles. The summed E-state index contributed by atoms with van der Waals surface area (Å²) < 4.78 is 10.6. The Balaban J connectivity index is 2.03. The SMILES string of the molecule is COc1c(O)cc2c(c1O)C(=O)CC(c1ccc(O)cc1)O2. The summed E-state index contributed by atoms with van der Waals surface area (Å²) in [5.41, 5.74) is 0.719. The molecule has 0 radical (unpaired) electrons. The largest absolute Gasteiger partial charge is 0.508 e. The molecule has 0 spiro atoms. The van der Waals surface area contributed by atoms with E-state index in [2.05, 4.69) is 0 Å². The molecule has 0 fully saturated rings. The number of benzene rings is 2. The van der Waals surface area contributed by atoms with Crippen LogP contribution in [0.5, 0.6) is 28.7 Å². The molecule has 6 nitrogen and oxygen atoms in total. The molecule has 114 valence electrons. The van der Waals surface area contributed by atoms with Gasteiger partial charge in [-0.2, -0.15) is 0 Å². The van der Waals surface area contributed by atoms with Gasteiger partial charge >= 0.3 is 0 Å². The van der Waals surface area contributed by atoms with Gasteiger partial charge in [0.2, 0.25) is 5.75 Å². The highest BCUT2D eigenvalue weighted by Crippen LogP contribution is 2.48. The quantitative estimate of drug-likeness (QED) is 0.789. The minimum absolute atomic E-state index is 0.00433. The Hall–Kier alpha value is -2.89. The van der Waals surface area contributed by atoms with Gasteiger partial charge in [-0.1, -0.05) is 12.1 Å². The van der Waals surface area contributed by atoms with Crippen molar-refractivity contribution in [1.29, 1.82) is 0 Å². The smallest absolute Gasteiger partial charge is 0.203 e. The van der Waals surface area contributed by atoms with Crippen LogP contribution >= 0.6 is 0 Å². The maximum atomic E-state index is 12.3. The number of rotatable bonds is 2. The van der Waals surface area contributed by atoms with Crippen LogP contribution in [0.4, 0.5) is 0 Å². The Morgan fingerprint density at radius 3 is 2.50 bits per heavy atom. The molecule has 0 aliphatic carbocycles. The lowest BCUT2D eigenvalue weighted by Crippen LogP contribution is -2.20. The molecule has 0 amide bonds. The number of carbonyl (C=O) groups excluding carboxylic acids is 1. The molecule has 1 unspecified atom stereocenters. The van der Waals surface area contributed by atoms with Crippen molar-refractivity contribution in [2.24, 2.45) is 0 Å². The van der Waals surface area contributed by atoms with Crippen LogP contribution in [0.15, 0.2) is 30.3 Å². The summed E-state index contributed by atoms with van der Waals surface area (Å²) in [6.07, 6.45) is -0.507. The first-order valence-electron chi connectivity index (χ1n) is 6.63. The van der Waals surface area contributed by atoms with E-state index < -0.39 is 11.9 Å². The maximum Gasteiger partial charge on any atom is 0.203 e. The molecular weight excluding hydrogens is 288 g/mol. The van der Waals surface area contributed by atoms with Gasteiger partial charge in [0, 0.05) is 6.07 Å². The van der Waals surface area contributed by atoms with E-state index in [4.69, 9.17) is 9.47 Å². The van der Waals surface area contributed by atoms with Gasteiger partial charge in [-0.3, -0.25) is 4.79 Å². The van der Waals surface area contributed by atoms with Gasteiger partial charge in [0.25, 0.3) is 0 Å². The fourth-order valence-electron chi connectivity index (χ4n) is 2.52. The van der Waals surface area contributed by atoms with E-state index in [0.29, 0.717) is 5.56 Å². The fraction of sp³-hybridized carbons (Fsp3) is 0.188. The Labute approximate surface area is 126 Å². The number of fused-ring (bicyclic) bond motifs is 1. The summed E-state index contributed by atoms with van der Waals surface area (Å²) in [7, 11) is 1.29. The van der Waals surface area contributed by atoms with Gasteiger partial charge in [0.15, 0.2) is 17.3 Å². The highest BCUT2D eigenvalue weighted by atomic mass is 16.5. The molecule has 1 atom stereocenters. The topological polar surface area (TPSA) is 96.2 Å². The second-order valence-electron chi connectivity index (χ2n) is 4.98. The van der Waals surface area contributed by atoms with Crippen LogP contribution in [0.1, 0.15) is 28.4 Å². The second-order valence-corrected chi connectivity index (χ2v) is 4.98. The molecule has 1 aliphatic heterocycles. The molecule has 0 bridgehead atoms. The first kappa shape index (κ1) is 14.1. The van der Waals surface area contributed by atoms with Crippen molar-refractivity contribution in [3.8, 4) is 28.7 Å². The molecule has 2 aromatic carbocycles. The van der Waals surface area contributed by atoms with Gasteiger partial charge < -0.3 is 24.8 Å². The molecular formula is C16H14O6. The molecule has 1 heterocycles. The number of ether oxygens (including phenoxy) is 2. The number of carbonyl (C=O) groups is 1. The zero-order valence-electron chi connectivity index (χ0n) is 11.7. The van der Waals surface area contributed by atoms with Crippen LogP contribution in [-0.2, 0) is 0 Å². The Morgan fingerprint density at radius 2 is 1.86 bits per heavy atom. The zero-order valence-corrected chi connectivity index (χ0v) is 11.7. The number of Topliss-reactive ketones (excluding diaryl/α,β-unsaturated/α-hetero) is 1. The van der Waals surface area contributed by atoms with Crippen LogP contribution in [0.25, 0.3) is 0 Å². The predicted octanol–water partition coefficient (Wildman–Crippen LogP) is 2.52. The van der Waals surface area contributed by atoms with E-state index in [-0.39, 0.29) is 40.8 Å². The van der Waals surface area contributed by atoms with Crippen molar-refractivity contribution in [2.45, 2.75) is 12.5 Å². The standard InChI is InChI=1S/C16H14O6/c1-21-16-11(19)7-13-14(15(16)20)10(18)6-12(22-13)8-2-4-9(17)5-3-8/h2-5,7,12,17,19-20H,6H2,1H3. The average Bonchev–Trinajstić information content (AvgIpc) is 2.47. The third-order valence-electron chi connectivity index (χ3n) is 3.59. The molecule has 1 aliphatic rings. The number of methoxy groups -OCH3 is 1. The van der Waals surface area contributed by atoms with E-state index in [1.54, 1.807) is 12.1 Å². The zero-order chi connectivity index (χ0) is 15.9. The third kappa shape index (κ3) is 2.18. The maximum absolute atomic E-state index is 12.3. The normalized spacial score (nSPS) is 16.8. The van der Waals surface area contributed by atoms with E-state index in [9.17, 15) is 20.1 Å². The van der Waals surface area contributed by atoms with Crippen molar-refractivity contribution in [2.75, 3.05) is 7.11 Å². The Kier molecular flexibility index (Phi) is 3.29. The number of phenolic OH excluding ortho intramolecular Hbond substituents is 3. The summed E-state index contributed by atoms with van der Waals surface area (Å²) >= 11 is 0. The molecule has 3 rings (SSSR count). The summed E-state index contributed by atoms with van der Waals surface area (Å²) in [4.78, 5) is 12.3. The van der Waals surface area contributed by atoms with Crippen molar-refractivity contribution in [3.05, 3.63) is 41.5 Å². The van der Waals surface area contributed by atoms with Gasteiger partial charge in [-0.05, 0) is 17.7 Å². The molecule has 0 aromatic heterocycles. The Morgan fingerprint density at radius 1 is 1.18 bits per heavy atom. The predicted molar refractivity (Wildman–Crippen MR) is 76.7 cm³/mol. The van der Waals surface area contributed by atoms with E-state index >= 15 is 0 Å². The lowest BCUT2D eigenvalue weighted by molar-refractivity contribution is 0.0843. The molecule has 3 N–H and O–H groups in total. The molecule has 6 heteroatoms. The Bertz CT molecular complexity index is 735. The van der Waals surface area contributed by atoms with Crippen molar-refractivity contribution < 1.29 is 29.6 Å². The van der Waals surface area contributed by atoms with E-state index in [1.165, 1.54) is 25.3 Å². The highest BCUT2D eigenvalue weighted by molar-refractivity contribution is 6.03. The monoisotopic (exact) mass is 302 g/mol. The highest BCUT2D eigenvalue weighted by Gasteiger charge is 2.33. The van der Waals surface area contributed by atoms with E-state index in [1.807, 2.05) is 0 Å². The number of aromatic hydroxyl groups is 3.